The first kappa shape index (κ1) is 7.36. The van der Waals surface area contributed by atoms with Crippen LogP contribution in [0.3, 0.4) is 0 Å². The van der Waals surface area contributed by atoms with Gasteiger partial charge >= 0.3 is 0 Å². The van der Waals surface area contributed by atoms with Crippen LogP contribution in [0, 0.1) is 11.3 Å². The zero-order chi connectivity index (χ0) is 6.62. The molecule has 0 unspecified atom stereocenters. The van der Waals surface area contributed by atoms with Gasteiger partial charge in [0.1, 0.15) is 0 Å². The van der Waals surface area contributed by atoms with Gasteiger partial charge in [0.15, 0.2) is 0 Å². The van der Waals surface area contributed by atoms with Gasteiger partial charge in [0.2, 0.25) is 0 Å². The van der Waals surface area contributed by atoms with E-state index in [1.807, 2.05) is 0 Å². The first-order chi connectivity index (χ1) is 3.56. The Hall–Kier alpha value is -0.640. The van der Waals surface area contributed by atoms with E-state index in [0.717, 1.165) is 0 Å². The van der Waals surface area contributed by atoms with Crippen molar-refractivity contribution in [3.63, 3.8) is 0 Å². The van der Waals surface area contributed by atoms with E-state index in [0.29, 0.717) is 0 Å². The molecule has 0 heterocycles. The third kappa shape index (κ3) is 5.36. The highest BCUT2D eigenvalue weighted by atomic mass is 32.2. The van der Waals surface area contributed by atoms with Gasteiger partial charge < -0.3 is 0 Å². The summed E-state index contributed by atoms with van der Waals surface area (Å²) in [5.74, 6) is 0. The molecule has 0 aromatic heterocycles. The quantitative estimate of drug-likeness (QED) is 0.442. The lowest BCUT2D eigenvalue weighted by Crippen LogP contribution is -2.30. The van der Waals surface area contributed by atoms with Crippen molar-refractivity contribution in [2.24, 2.45) is 5.14 Å². The molecule has 3 N–H and O–H groups in total. The Labute approximate surface area is 47.3 Å². The fourth-order valence-corrected chi connectivity index (χ4v) is 0.399. The summed E-state index contributed by atoms with van der Waals surface area (Å²) < 4.78 is 21.6. The second kappa shape index (κ2) is 2.61. The Kier molecular flexibility index (Phi) is 2.41. The van der Waals surface area contributed by atoms with Crippen LogP contribution in [0.5, 0.6) is 0 Å². The zero-order valence-corrected chi connectivity index (χ0v) is 4.77. The SMILES string of the molecule is N#CCNS(N)(=O)=O. The molecule has 0 atom stereocenters. The summed E-state index contributed by atoms with van der Waals surface area (Å²) in [6.45, 7) is -0.279. The third-order valence-electron chi connectivity index (χ3n) is 0.352. The normalized spacial score (nSPS) is 10.5. The van der Waals surface area contributed by atoms with Gasteiger partial charge in [0, 0.05) is 0 Å². The van der Waals surface area contributed by atoms with Crippen molar-refractivity contribution in [3.8, 4) is 6.07 Å². The highest BCUT2D eigenvalue weighted by Gasteiger charge is 1.95. The molecule has 0 aliphatic carbocycles. The van der Waals surface area contributed by atoms with Crippen molar-refractivity contribution < 1.29 is 8.42 Å². The molecule has 5 nitrogen and oxygen atoms in total. The van der Waals surface area contributed by atoms with Crippen LogP contribution in [-0.2, 0) is 10.2 Å². The van der Waals surface area contributed by atoms with Crippen LogP contribution in [0.2, 0.25) is 0 Å². The van der Waals surface area contributed by atoms with Gasteiger partial charge in [-0.25, -0.2) is 5.14 Å². The van der Waals surface area contributed by atoms with Gasteiger partial charge in [-0.2, -0.15) is 18.4 Å². The number of hydrogen-bond acceptors (Lipinski definition) is 3. The van der Waals surface area contributed by atoms with Gasteiger partial charge in [-0.1, -0.05) is 0 Å². The Morgan fingerprint density at radius 3 is 2.38 bits per heavy atom. The maximum Gasteiger partial charge on any atom is 0.275 e. The fourth-order valence-electron chi connectivity index (χ4n) is 0.133. The number of nitrogens with two attached hydrogens (primary N) is 1. The molecule has 0 amide bonds. The Morgan fingerprint density at radius 2 is 2.25 bits per heavy atom. The van der Waals surface area contributed by atoms with Gasteiger partial charge in [-0.3, -0.25) is 0 Å². The molecule has 0 aliphatic heterocycles. The topological polar surface area (TPSA) is 96.0 Å². The fraction of sp³-hybridized carbons (Fsp3) is 0.500. The summed E-state index contributed by atoms with van der Waals surface area (Å²) in [6.07, 6.45) is 0. The second-order valence-corrected chi connectivity index (χ2v) is 2.40. The predicted octanol–water partition coefficient (Wildman–Crippen LogP) is -1.70. The van der Waals surface area contributed by atoms with Crippen LogP contribution in [0.4, 0.5) is 0 Å². The lowest BCUT2D eigenvalue weighted by atomic mass is 10.8. The molecule has 0 saturated heterocycles. The molecule has 0 bridgehead atoms. The number of nitrogens with zero attached hydrogens (tertiary/aromatic N) is 1. The minimum Gasteiger partial charge on any atom is -0.216 e. The summed E-state index contributed by atoms with van der Waals surface area (Å²) in [7, 11) is -3.66. The van der Waals surface area contributed by atoms with E-state index in [1.54, 1.807) is 10.8 Å². The van der Waals surface area contributed by atoms with Crippen molar-refractivity contribution in [2.45, 2.75) is 0 Å². The second-order valence-electron chi connectivity index (χ2n) is 1.02. The minimum absolute atomic E-state index is 0.279. The minimum atomic E-state index is -3.66. The molecule has 0 rings (SSSR count). The Morgan fingerprint density at radius 1 is 1.75 bits per heavy atom. The van der Waals surface area contributed by atoms with E-state index in [4.69, 9.17) is 5.26 Å². The average Bonchev–Trinajstić information content (AvgIpc) is 1.59. The third-order valence-corrected chi connectivity index (χ3v) is 0.899. The van der Waals surface area contributed by atoms with E-state index >= 15 is 0 Å². The first-order valence-electron chi connectivity index (χ1n) is 1.70. The summed E-state index contributed by atoms with van der Waals surface area (Å²) in [5, 5.41) is 12.2. The number of hydrogen-bond donors (Lipinski definition) is 2. The van der Waals surface area contributed by atoms with Crippen molar-refractivity contribution in [1.82, 2.24) is 4.72 Å². The number of nitriles is 1. The molecule has 0 saturated carbocycles. The van der Waals surface area contributed by atoms with E-state index in [-0.39, 0.29) is 6.54 Å². The molecule has 8 heavy (non-hydrogen) atoms. The average molecular weight is 135 g/mol. The van der Waals surface area contributed by atoms with Gasteiger partial charge in [0.25, 0.3) is 10.2 Å². The van der Waals surface area contributed by atoms with Crippen LogP contribution in [0.1, 0.15) is 0 Å². The highest BCUT2D eigenvalue weighted by Crippen LogP contribution is 1.61. The van der Waals surface area contributed by atoms with Crippen LogP contribution in [0.25, 0.3) is 0 Å². The van der Waals surface area contributed by atoms with Crippen molar-refractivity contribution in [2.75, 3.05) is 6.54 Å². The zero-order valence-electron chi connectivity index (χ0n) is 3.96. The monoisotopic (exact) mass is 135 g/mol. The van der Waals surface area contributed by atoms with E-state index in [2.05, 4.69) is 5.14 Å². The summed E-state index contributed by atoms with van der Waals surface area (Å²) >= 11 is 0. The summed E-state index contributed by atoms with van der Waals surface area (Å²) in [5.41, 5.74) is 0. The molecule has 0 aromatic carbocycles. The van der Waals surface area contributed by atoms with Crippen molar-refractivity contribution in [1.29, 1.82) is 5.26 Å². The Balaban J connectivity index is 3.63. The molecular weight excluding hydrogens is 130 g/mol. The van der Waals surface area contributed by atoms with Gasteiger partial charge in [-0.05, 0) is 0 Å². The van der Waals surface area contributed by atoms with Crippen molar-refractivity contribution >= 4 is 10.2 Å². The molecule has 6 heteroatoms. The van der Waals surface area contributed by atoms with E-state index in [1.165, 1.54) is 0 Å². The van der Waals surface area contributed by atoms with Crippen LogP contribution in [0.15, 0.2) is 0 Å². The lowest BCUT2D eigenvalue weighted by molar-refractivity contribution is 0.587. The van der Waals surface area contributed by atoms with Crippen LogP contribution in [-0.4, -0.2) is 15.0 Å². The smallest absolute Gasteiger partial charge is 0.216 e. The van der Waals surface area contributed by atoms with E-state index < -0.39 is 10.2 Å². The highest BCUT2D eigenvalue weighted by molar-refractivity contribution is 7.87. The first-order valence-corrected chi connectivity index (χ1v) is 3.25. The summed E-state index contributed by atoms with van der Waals surface area (Å²) in [4.78, 5) is 0. The summed E-state index contributed by atoms with van der Waals surface area (Å²) in [6, 6.07) is 1.55. The molecular formula is C2H5N3O2S. The largest absolute Gasteiger partial charge is 0.275 e. The molecule has 0 fully saturated rings. The standard InChI is InChI=1S/C2H5N3O2S/c3-1-2-5-8(4,6)7/h5H,2H2,(H2,4,6,7). The van der Waals surface area contributed by atoms with Crippen LogP contribution < -0.4 is 9.86 Å². The molecule has 0 spiro atoms. The van der Waals surface area contributed by atoms with Crippen molar-refractivity contribution in [3.05, 3.63) is 0 Å². The number of rotatable bonds is 2. The molecule has 46 valence electrons. The maximum atomic E-state index is 9.91. The van der Waals surface area contributed by atoms with Gasteiger partial charge in [0.05, 0.1) is 12.6 Å². The predicted molar refractivity (Wildman–Crippen MR) is 26.7 cm³/mol. The molecule has 0 aliphatic rings. The maximum absolute atomic E-state index is 9.91. The van der Waals surface area contributed by atoms with Gasteiger partial charge in [-0.15, -0.1) is 0 Å². The Bertz CT molecular complexity index is 188. The molecule has 0 aromatic rings. The molecule has 0 radical (unpaired) electrons. The van der Waals surface area contributed by atoms with Crippen LogP contribution >= 0.6 is 0 Å². The van der Waals surface area contributed by atoms with E-state index in [9.17, 15) is 8.42 Å². The lowest BCUT2D eigenvalue weighted by Gasteiger charge is -1.90. The number of nitrogens with one attached hydrogen (secondary N) is 1.